The van der Waals surface area contributed by atoms with Gasteiger partial charge in [0.15, 0.2) is 11.5 Å². The number of carbonyl (C=O) groups excluding carboxylic acids is 1. The normalized spacial score (nSPS) is 12.2. The maximum Gasteiger partial charge on any atom is 0.162 e. The summed E-state index contributed by atoms with van der Waals surface area (Å²) < 4.78 is 5.05. The van der Waals surface area contributed by atoms with E-state index in [4.69, 9.17) is 16.3 Å². The first-order valence-corrected chi connectivity index (χ1v) is 5.40. The molecule has 1 N–H and O–H groups in total. The third-order valence-corrected chi connectivity index (χ3v) is 3.08. The van der Waals surface area contributed by atoms with E-state index in [1.165, 1.54) is 7.11 Å². The maximum absolute atomic E-state index is 10.5. The molecule has 0 amide bonds. The molecule has 0 heterocycles. The molecule has 0 saturated carbocycles. The number of phenols is 1. The van der Waals surface area contributed by atoms with Crippen molar-refractivity contribution in [2.75, 3.05) is 7.11 Å². The first kappa shape index (κ1) is 12.8. The summed E-state index contributed by atoms with van der Waals surface area (Å²) in [7, 11) is 1.48. The van der Waals surface area contributed by atoms with Crippen LogP contribution in [0.25, 0.3) is 0 Å². The second-order valence-electron chi connectivity index (χ2n) is 3.78. The van der Waals surface area contributed by atoms with Crippen molar-refractivity contribution in [1.82, 2.24) is 0 Å². The van der Waals surface area contributed by atoms with Crippen molar-refractivity contribution in [3.63, 3.8) is 0 Å². The molecule has 88 valence electrons. The molecule has 0 aliphatic heterocycles. The lowest BCUT2D eigenvalue weighted by Crippen LogP contribution is -1.99. The summed E-state index contributed by atoms with van der Waals surface area (Å²) in [6.07, 6.45) is 1.13. The average Bonchev–Trinajstić information content (AvgIpc) is 2.24. The Balaban J connectivity index is 3.34. The van der Waals surface area contributed by atoms with Gasteiger partial charge in [-0.3, -0.25) is 0 Å². The molecular formula is C12H15ClO3. The Labute approximate surface area is 100.0 Å². The van der Waals surface area contributed by atoms with Crippen molar-refractivity contribution >= 4 is 17.9 Å². The highest BCUT2D eigenvalue weighted by molar-refractivity contribution is 6.32. The van der Waals surface area contributed by atoms with E-state index < -0.39 is 0 Å². The Bertz CT molecular complexity index is 402. The van der Waals surface area contributed by atoms with Crippen LogP contribution in [-0.4, -0.2) is 18.5 Å². The monoisotopic (exact) mass is 242 g/mol. The van der Waals surface area contributed by atoms with E-state index in [-0.39, 0.29) is 11.7 Å². The quantitative estimate of drug-likeness (QED) is 0.826. The number of hydrogen-bond acceptors (Lipinski definition) is 3. The van der Waals surface area contributed by atoms with Gasteiger partial charge in [0.1, 0.15) is 6.29 Å². The van der Waals surface area contributed by atoms with Crippen LogP contribution in [-0.2, 0) is 4.79 Å². The van der Waals surface area contributed by atoms with Gasteiger partial charge in [0.2, 0.25) is 0 Å². The number of halogens is 1. The van der Waals surface area contributed by atoms with Gasteiger partial charge in [0.05, 0.1) is 12.1 Å². The number of ether oxygens (including phenoxy) is 1. The molecule has 0 aliphatic rings. The number of methoxy groups -OCH3 is 1. The Morgan fingerprint density at radius 1 is 1.62 bits per heavy atom. The molecule has 1 aromatic carbocycles. The van der Waals surface area contributed by atoms with E-state index in [2.05, 4.69) is 0 Å². The molecule has 1 aromatic rings. The minimum atomic E-state index is -0.126. The van der Waals surface area contributed by atoms with Gasteiger partial charge in [-0.05, 0) is 24.5 Å². The summed E-state index contributed by atoms with van der Waals surface area (Å²) >= 11 is 6.13. The Hall–Kier alpha value is -1.22. The molecule has 16 heavy (non-hydrogen) atoms. The maximum atomic E-state index is 10.5. The standard InChI is InChI=1S/C12H15ClO3/c1-7(4-5-14)10-11(13)8(2)6-9(16-3)12(10)15/h5-7,15H,4H2,1-3H3. The fourth-order valence-corrected chi connectivity index (χ4v) is 1.98. The number of rotatable bonds is 4. The average molecular weight is 243 g/mol. The molecule has 3 nitrogen and oxygen atoms in total. The van der Waals surface area contributed by atoms with Crippen molar-refractivity contribution < 1.29 is 14.6 Å². The number of carbonyl (C=O) groups is 1. The van der Waals surface area contributed by atoms with Crippen LogP contribution in [0.1, 0.15) is 30.4 Å². The van der Waals surface area contributed by atoms with Gasteiger partial charge in [-0.25, -0.2) is 0 Å². The zero-order valence-corrected chi connectivity index (χ0v) is 10.3. The molecule has 0 radical (unpaired) electrons. The van der Waals surface area contributed by atoms with Crippen LogP contribution in [0.2, 0.25) is 5.02 Å². The molecule has 0 spiro atoms. The van der Waals surface area contributed by atoms with E-state index >= 15 is 0 Å². The van der Waals surface area contributed by atoms with Gasteiger partial charge in [-0.1, -0.05) is 18.5 Å². The number of benzene rings is 1. The molecule has 1 unspecified atom stereocenters. The lowest BCUT2D eigenvalue weighted by atomic mass is 9.95. The predicted octanol–water partition coefficient (Wildman–Crippen LogP) is 3.06. The van der Waals surface area contributed by atoms with E-state index in [9.17, 15) is 9.90 Å². The van der Waals surface area contributed by atoms with Gasteiger partial charge >= 0.3 is 0 Å². The van der Waals surface area contributed by atoms with Gasteiger partial charge in [-0.2, -0.15) is 0 Å². The van der Waals surface area contributed by atoms with Crippen molar-refractivity contribution in [1.29, 1.82) is 0 Å². The number of aryl methyl sites for hydroxylation is 1. The van der Waals surface area contributed by atoms with E-state index in [0.29, 0.717) is 22.8 Å². The van der Waals surface area contributed by atoms with E-state index in [1.54, 1.807) is 6.07 Å². The largest absolute Gasteiger partial charge is 0.504 e. The predicted molar refractivity (Wildman–Crippen MR) is 63.5 cm³/mol. The lowest BCUT2D eigenvalue weighted by Gasteiger charge is -2.17. The van der Waals surface area contributed by atoms with Crippen molar-refractivity contribution in [2.45, 2.75) is 26.2 Å². The molecule has 0 bridgehead atoms. The fourth-order valence-electron chi connectivity index (χ4n) is 1.64. The first-order chi connectivity index (χ1) is 7.52. The summed E-state index contributed by atoms with van der Waals surface area (Å²) in [5, 5.41) is 10.5. The second kappa shape index (κ2) is 5.21. The van der Waals surface area contributed by atoms with E-state index in [0.717, 1.165) is 11.8 Å². The SMILES string of the molecule is COc1cc(C)c(Cl)c(C(C)CC=O)c1O. The van der Waals surface area contributed by atoms with Crippen LogP contribution in [0.5, 0.6) is 11.5 Å². The van der Waals surface area contributed by atoms with Gasteiger partial charge in [-0.15, -0.1) is 0 Å². The molecular weight excluding hydrogens is 228 g/mol. The smallest absolute Gasteiger partial charge is 0.162 e. The topological polar surface area (TPSA) is 46.5 Å². The summed E-state index contributed by atoms with van der Waals surface area (Å²) in [5.41, 5.74) is 1.40. The van der Waals surface area contributed by atoms with Crippen LogP contribution in [0.15, 0.2) is 6.07 Å². The summed E-state index contributed by atoms with van der Waals surface area (Å²) in [4.78, 5) is 10.5. The summed E-state index contributed by atoms with van der Waals surface area (Å²) in [6, 6.07) is 1.68. The number of aromatic hydroxyl groups is 1. The van der Waals surface area contributed by atoms with Crippen LogP contribution >= 0.6 is 11.6 Å². The molecule has 0 saturated heterocycles. The van der Waals surface area contributed by atoms with E-state index in [1.807, 2.05) is 13.8 Å². The minimum Gasteiger partial charge on any atom is -0.504 e. The number of phenolic OH excluding ortho intramolecular Hbond substituents is 1. The molecule has 4 heteroatoms. The highest BCUT2D eigenvalue weighted by Gasteiger charge is 2.19. The number of hydrogen-bond donors (Lipinski definition) is 1. The van der Waals surface area contributed by atoms with Crippen molar-refractivity contribution in [3.05, 3.63) is 22.2 Å². The zero-order valence-electron chi connectivity index (χ0n) is 9.58. The van der Waals surface area contributed by atoms with Crippen molar-refractivity contribution in [2.24, 2.45) is 0 Å². The highest BCUT2D eigenvalue weighted by Crippen LogP contribution is 2.42. The Morgan fingerprint density at radius 2 is 2.25 bits per heavy atom. The first-order valence-electron chi connectivity index (χ1n) is 5.02. The van der Waals surface area contributed by atoms with Crippen LogP contribution < -0.4 is 4.74 Å². The highest BCUT2D eigenvalue weighted by atomic mass is 35.5. The third kappa shape index (κ3) is 2.30. The third-order valence-electron chi connectivity index (χ3n) is 2.58. The second-order valence-corrected chi connectivity index (χ2v) is 4.15. The Morgan fingerprint density at radius 3 is 2.75 bits per heavy atom. The van der Waals surface area contributed by atoms with Gasteiger partial charge in [0.25, 0.3) is 0 Å². The zero-order chi connectivity index (χ0) is 12.3. The van der Waals surface area contributed by atoms with Gasteiger partial charge in [0, 0.05) is 12.0 Å². The van der Waals surface area contributed by atoms with Crippen LogP contribution in [0.3, 0.4) is 0 Å². The lowest BCUT2D eigenvalue weighted by molar-refractivity contribution is -0.108. The molecule has 0 aromatic heterocycles. The fraction of sp³-hybridized carbons (Fsp3) is 0.417. The molecule has 0 aliphatic carbocycles. The van der Waals surface area contributed by atoms with Crippen molar-refractivity contribution in [3.8, 4) is 11.5 Å². The number of aldehydes is 1. The summed E-state index contributed by atoms with van der Waals surface area (Å²) in [6.45, 7) is 3.68. The molecule has 1 rings (SSSR count). The van der Waals surface area contributed by atoms with Gasteiger partial charge < -0.3 is 14.6 Å². The molecule has 0 fully saturated rings. The van der Waals surface area contributed by atoms with Crippen LogP contribution in [0.4, 0.5) is 0 Å². The van der Waals surface area contributed by atoms with Crippen LogP contribution in [0, 0.1) is 6.92 Å². The Kier molecular flexibility index (Phi) is 4.19. The summed E-state index contributed by atoms with van der Waals surface area (Å²) in [5.74, 6) is 0.279. The minimum absolute atomic E-state index is 0.0208. The molecule has 1 atom stereocenters.